The Morgan fingerprint density at radius 3 is 2.48 bits per heavy atom. The number of nitrogens with zero attached hydrogens (tertiary/aromatic N) is 6. The highest BCUT2D eigenvalue weighted by atomic mass is 16.5. The van der Waals surface area contributed by atoms with Crippen LogP contribution in [0.4, 0.5) is 5.95 Å². The predicted octanol–water partition coefficient (Wildman–Crippen LogP) is 3.19. The van der Waals surface area contributed by atoms with Crippen LogP contribution in [0.1, 0.15) is 36.8 Å². The number of rotatable bonds is 5. The van der Waals surface area contributed by atoms with E-state index in [1.165, 1.54) is 11.9 Å². The van der Waals surface area contributed by atoms with Gasteiger partial charge in [-0.05, 0) is 26.3 Å². The van der Waals surface area contributed by atoms with Crippen molar-refractivity contribution < 1.29 is 9.53 Å². The molecule has 0 saturated carbocycles. The van der Waals surface area contributed by atoms with Crippen LogP contribution >= 0.6 is 0 Å². The Kier molecular flexibility index (Phi) is 6.37. The summed E-state index contributed by atoms with van der Waals surface area (Å²) in [6.07, 6.45) is 6.35. The number of carbonyl (C=O) groups excluding carboxylic acids is 1. The maximum atomic E-state index is 13.6. The fourth-order valence-corrected chi connectivity index (χ4v) is 3.99. The highest BCUT2D eigenvalue weighted by Gasteiger charge is 2.37. The first-order valence-corrected chi connectivity index (χ1v) is 11.0. The van der Waals surface area contributed by atoms with Crippen LogP contribution in [0.25, 0.3) is 11.1 Å². The van der Waals surface area contributed by atoms with Crippen molar-refractivity contribution in [2.24, 2.45) is 0 Å². The maximum Gasteiger partial charge on any atom is 0.232 e. The van der Waals surface area contributed by atoms with Gasteiger partial charge in [-0.3, -0.25) is 4.79 Å². The van der Waals surface area contributed by atoms with Crippen LogP contribution in [-0.2, 0) is 14.9 Å². The standard InChI is InChI=1S/C25H30N6O2/c1-17-6-8-19(9-7-17)25(2,3)23(32)31-10-11-33-21(15-31)22-20(18-12-26-16-27-13-18)14-28-24(29-22)30(4)5/h6-9,12-14,16,21H,10-11,15H2,1-5H3/t21-/m1/s1. The Morgan fingerprint density at radius 2 is 1.82 bits per heavy atom. The fourth-order valence-electron chi connectivity index (χ4n) is 3.99. The van der Waals surface area contributed by atoms with Crippen molar-refractivity contribution in [2.75, 3.05) is 38.7 Å². The van der Waals surface area contributed by atoms with Gasteiger partial charge in [0.15, 0.2) is 0 Å². The minimum atomic E-state index is -0.647. The Bertz CT molecular complexity index is 1120. The lowest BCUT2D eigenvalue weighted by molar-refractivity contribution is -0.144. The quantitative estimate of drug-likeness (QED) is 0.595. The second-order valence-corrected chi connectivity index (χ2v) is 9.09. The molecule has 0 aliphatic carbocycles. The zero-order chi connectivity index (χ0) is 23.6. The first-order chi connectivity index (χ1) is 15.8. The van der Waals surface area contributed by atoms with Crippen molar-refractivity contribution in [3.8, 4) is 11.1 Å². The molecule has 1 atom stereocenters. The Balaban J connectivity index is 1.65. The molecule has 3 heterocycles. The first-order valence-electron chi connectivity index (χ1n) is 11.0. The van der Waals surface area contributed by atoms with Gasteiger partial charge in [-0.1, -0.05) is 29.8 Å². The van der Waals surface area contributed by atoms with Crippen LogP contribution in [0.15, 0.2) is 49.2 Å². The highest BCUT2D eigenvalue weighted by molar-refractivity contribution is 5.87. The van der Waals surface area contributed by atoms with Gasteiger partial charge in [0.1, 0.15) is 12.4 Å². The molecule has 0 bridgehead atoms. The number of hydrogen-bond donors (Lipinski definition) is 0. The Hall–Kier alpha value is -3.39. The Morgan fingerprint density at radius 1 is 1.12 bits per heavy atom. The molecule has 33 heavy (non-hydrogen) atoms. The van der Waals surface area contributed by atoms with E-state index in [4.69, 9.17) is 9.72 Å². The third-order valence-electron chi connectivity index (χ3n) is 6.04. The second-order valence-electron chi connectivity index (χ2n) is 9.09. The summed E-state index contributed by atoms with van der Waals surface area (Å²) in [6, 6.07) is 8.16. The summed E-state index contributed by atoms with van der Waals surface area (Å²) in [5, 5.41) is 0. The monoisotopic (exact) mass is 446 g/mol. The molecule has 8 nitrogen and oxygen atoms in total. The number of ether oxygens (including phenoxy) is 1. The van der Waals surface area contributed by atoms with E-state index >= 15 is 0 Å². The molecule has 1 aliphatic rings. The minimum absolute atomic E-state index is 0.0751. The number of anilines is 1. The third-order valence-corrected chi connectivity index (χ3v) is 6.04. The molecule has 0 N–H and O–H groups in total. The molecule has 1 aromatic carbocycles. The number of aromatic nitrogens is 4. The van der Waals surface area contributed by atoms with Gasteiger partial charge < -0.3 is 14.5 Å². The van der Waals surface area contributed by atoms with Crippen molar-refractivity contribution in [1.29, 1.82) is 0 Å². The lowest BCUT2D eigenvalue weighted by Crippen LogP contribution is -2.49. The number of benzene rings is 1. The van der Waals surface area contributed by atoms with E-state index in [9.17, 15) is 4.79 Å². The van der Waals surface area contributed by atoms with Crippen molar-refractivity contribution >= 4 is 11.9 Å². The zero-order valence-electron chi connectivity index (χ0n) is 19.8. The zero-order valence-corrected chi connectivity index (χ0v) is 19.8. The molecule has 4 rings (SSSR count). The normalized spacial score (nSPS) is 16.5. The topological polar surface area (TPSA) is 84.3 Å². The number of carbonyl (C=O) groups is 1. The number of aryl methyl sites for hydroxylation is 1. The molecule has 1 fully saturated rings. The summed E-state index contributed by atoms with van der Waals surface area (Å²) in [5.41, 5.74) is 3.87. The van der Waals surface area contributed by atoms with Gasteiger partial charge in [0.05, 0.1) is 24.3 Å². The van der Waals surface area contributed by atoms with E-state index in [1.54, 1.807) is 18.6 Å². The molecule has 0 radical (unpaired) electrons. The van der Waals surface area contributed by atoms with Gasteiger partial charge in [0, 0.05) is 50.4 Å². The van der Waals surface area contributed by atoms with E-state index in [0.717, 1.165) is 22.4 Å². The average Bonchev–Trinajstić information content (AvgIpc) is 2.84. The predicted molar refractivity (Wildman–Crippen MR) is 127 cm³/mol. The van der Waals surface area contributed by atoms with Crippen molar-refractivity contribution in [1.82, 2.24) is 24.8 Å². The smallest absolute Gasteiger partial charge is 0.232 e. The van der Waals surface area contributed by atoms with Gasteiger partial charge in [-0.2, -0.15) is 0 Å². The molecular formula is C25H30N6O2. The first kappa shape index (κ1) is 22.8. The van der Waals surface area contributed by atoms with Gasteiger partial charge >= 0.3 is 0 Å². The van der Waals surface area contributed by atoms with E-state index in [1.807, 2.05) is 68.9 Å². The summed E-state index contributed by atoms with van der Waals surface area (Å²) in [7, 11) is 3.79. The average molecular weight is 447 g/mol. The van der Waals surface area contributed by atoms with Crippen LogP contribution < -0.4 is 4.90 Å². The van der Waals surface area contributed by atoms with Gasteiger partial charge in [0.2, 0.25) is 11.9 Å². The SMILES string of the molecule is Cc1ccc(C(C)(C)C(=O)N2CCO[C@@H](c3nc(N(C)C)ncc3-c3cncnc3)C2)cc1. The van der Waals surface area contributed by atoms with Crippen molar-refractivity contribution in [3.05, 3.63) is 66.0 Å². The molecule has 1 amide bonds. The van der Waals surface area contributed by atoms with Gasteiger partial charge in [-0.25, -0.2) is 19.9 Å². The number of morpholine rings is 1. The number of hydrogen-bond acceptors (Lipinski definition) is 7. The molecule has 2 aromatic heterocycles. The summed E-state index contributed by atoms with van der Waals surface area (Å²) in [6.45, 7) is 7.40. The van der Waals surface area contributed by atoms with Crippen molar-refractivity contribution in [3.63, 3.8) is 0 Å². The lowest BCUT2D eigenvalue weighted by atomic mass is 9.82. The Labute approximate surface area is 194 Å². The van der Waals surface area contributed by atoms with Crippen LogP contribution in [0.5, 0.6) is 0 Å². The van der Waals surface area contributed by atoms with E-state index in [-0.39, 0.29) is 12.0 Å². The molecule has 3 aromatic rings. The maximum absolute atomic E-state index is 13.6. The molecule has 8 heteroatoms. The summed E-state index contributed by atoms with van der Waals surface area (Å²) in [4.78, 5) is 34.9. The lowest BCUT2D eigenvalue weighted by Gasteiger charge is -2.38. The minimum Gasteiger partial charge on any atom is -0.368 e. The molecule has 0 spiro atoms. The molecule has 1 aliphatic heterocycles. The molecule has 0 unspecified atom stereocenters. The van der Waals surface area contributed by atoms with Crippen molar-refractivity contribution in [2.45, 2.75) is 32.3 Å². The van der Waals surface area contributed by atoms with Gasteiger partial charge in [0.25, 0.3) is 0 Å². The van der Waals surface area contributed by atoms with Crippen LogP contribution in [0, 0.1) is 6.92 Å². The largest absolute Gasteiger partial charge is 0.368 e. The van der Waals surface area contributed by atoms with Gasteiger partial charge in [-0.15, -0.1) is 0 Å². The summed E-state index contributed by atoms with van der Waals surface area (Å²) >= 11 is 0. The van der Waals surface area contributed by atoms with E-state index < -0.39 is 5.41 Å². The summed E-state index contributed by atoms with van der Waals surface area (Å²) in [5.74, 6) is 0.656. The summed E-state index contributed by atoms with van der Waals surface area (Å²) < 4.78 is 6.13. The molecule has 172 valence electrons. The van der Waals surface area contributed by atoms with E-state index in [2.05, 4.69) is 15.0 Å². The fraction of sp³-hybridized carbons (Fsp3) is 0.400. The van der Waals surface area contributed by atoms with Crippen LogP contribution in [-0.4, -0.2) is 64.5 Å². The van der Waals surface area contributed by atoms with E-state index in [0.29, 0.717) is 25.6 Å². The number of amides is 1. The second kappa shape index (κ2) is 9.23. The molecular weight excluding hydrogens is 416 g/mol. The third kappa shape index (κ3) is 4.71. The highest BCUT2D eigenvalue weighted by Crippen LogP contribution is 2.33. The molecule has 1 saturated heterocycles. The van der Waals surface area contributed by atoms with Crippen LogP contribution in [0.2, 0.25) is 0 Å². The van der Waals surface area contributed by atoms with Crippen LogP contribution in [0.3, 0.4) is 0 Å².